The van der Waals surface area contributed by atoms with Gasteiger partial charge < -0.3 is 14.8 Å². The molecule has 8 nitrogen and oxygen atoms in total. The molecule has 192 valence electrons. The van der Waals surface area contributed by atoms with E-state index in [0.717, 1.165) is 5.56 Å². The van der Waals surface area contributed by atoms with Gasteiger partial charge in [-0.1, -0.05) is 30.3 Å². The first-order valence-corrected chi connectivity index (χ1v) is 12.7. The summed E-state index contributed by atoms with van der Waals surface area (Å²) in [4.78, 5) is 25.5. The van der Waals surface area contributed by atoms with Crippen LogP contribution < -0.4 is 20.1 Å². The molecule has 0 unspecified atom stereocenters. The second-order valence-corrected chi connectivity index (χ2v) is 10.0. The van der Waals surface area contributed by atoms with Gasteiger partial charge in [0.1, 0.15) is 12.4 Å². The first-order chi connectivity index (χ1) is 17.8. The summed E-state index contributed by atoms with van der Waals surface area (Å²) in [6.07, 6.45) is 0. The van der Waals surface area contributed by atoms with Gasteiger partial charge in [0.15, 0.2) is 17.0 Å². The number of nitro groups is 1. The molecule has 3 aromatic carbocycles. The molecular formula is C27H25BrFN3O5. The Labute approximate surface area is 221 Å². The third kappa shape index (κ3) is 4.23. The number of benzene rings is 3. The largest absolute Gasteiger partial charge is 0.490 e. The molecule has 3 aromatic rings. The number of halogens is 2. The number of ether oxygens (including phenoxy) is 2. The van der Waals surface area contributed by atoms with E-state index >= 15 is 0 Å². The van der Waals surface area contributed by atoms with E-state index in [9.17, 15) is 19.3 Å². The van der Waals surface area contributed by atoms with Gasteiger partial charge in [-0.05, 0) is 71.2 Å². The van der Waals surface area contributed by atoms with Gasteiger partial charge in [-0.3, -0.25) is 20.2 Å². The summed E-state index contributed by atoms with van der Waals surface area (Å²) in [6, 6.07) is 14.9. The van der Waals surface area contributed by atoms with Crippen LogP contribution in [0.25, 0.3) is 0 Å². The Kier molecular flexibility index (Phi) is 6.63. The fraction of sp³-hybridized carbons (Fsp3) is 0.296. The zero-order valence-corrected chi connectivity index (χ0v) is 21.8. The molecule has 2 heterocycles. The van der Waals surface area contributed by atoms with Gasteiger partial charge in [0.25, 0.3) is 11.9 Å². The van der Waals surface area contributed by atoms with Gasteiger partial charge in [-0.25, -0.2) is 4.39 Å². The van der Waals surface area contributed by atoms with Crippen molar-refractivity contribution in [1.29, 1.82) is 0 Å². The number of nitrogens with one attached hydrogen (secondary N) is 2. The Morgan fingerprint density at radius 2 is 1.86 bits per heavy atom. The van der Waals surface area contributed by atoms with E-state index in [4.69, 9.17) is 9.47 Å². The van der Waals surface area contributed by atoms with Crippen LogP contribution in [0.2, 0.25) is 0 Å². The number of hydrogen-bond donors (Lipinski definition) is 2. The lowest BCUT2D eigenvalue weighted by Crippen LogP contribution is -2.54. The second kappa shape index (κ2) is 9.75. The molecule has 0 saturated carbocycles. The summed E-state index contributed by atoms with van der Waals surface area (Å²) in [5.74, 6) is -0.563. The van der Waals surface area contributed by atoms with Crippen LogP contribution in [-0.2, 0) is 16.9 Å². The predicted molar refractivity (Wildman–Crippen MR) is 139 cm³/mol. The number of amides is 1. The average Bonchev–Trinajstić information content (AvgIpc) is 3.33. The van der Waals surface area contributed by atoms with Crippen molar-refractivity contribution in [3.05, 3.63) is 97.8 Å². The lowest BCUT2D eigenvalue weighted by Gasteiger charge is -2.26. The maximum atomic E-state index is 13.3. The van der Waals surface area contributed by atoms with Crippen molar-refractivity contribution in [3.63, 3.8) is 0 Å². The van der Waals surface area contributed by atoms with Crippen molar-refractivity contribution < 1.29 is 23.6 Å². The van der Waals surface area contributed by atoms with E-state index in [1.54, 1.807) is 48.5 Å². The minimum atomic E-state index is -1.50. The van der Waals surface area contributed by atoms with E-state index < -0.39 is 29.4 Å². The average molecular weight is 570 g/mol. The minimum Gasteiger partial charge on any atom is -0.490 e. The molecule has 2 aliphatic heterocycles. The molecule has 4 atom stereocenters. The van der Waals surface area contributed by atoms with Gasteiger partial charge in [0.2, 0.25) is 0 Å². The SMILES string of the molecule is CCOc1cc([C@@H]2[C@H](C)N[C@]3(C(=O)Nc4ccccc43)[C@H]2[N+](=O)[O-])cc(Br)c1OCc1ccc(F)cc1. The first-order valence-electron chi connectivity index (χ1n) is 11.9. The van der Waals surface area contributed by atoms with Crippen LogP contribution in [0.5, 0.6) is 11.5 Å². The highest BCUT2D eigenvalue weighted by molar-refractivity contribution is 9.10. The molecule has 1 amide bonds. The number of fused-ring (bicyclic) bond motifs is 2. The number of carbonyl (C=O) groups excluding carboxylic acids is 1. The summed E-state index contributed by atoms with van der Waals surface area (Å²) in [7, 11) is 0. The van der Waals surface area contributed by atoms with Crippen LogP contribution in [0.4, 0.5) is 10.1 Å². The van der Waals surface area contributed by atoms with E-state index in [-0.39, 0.29) is 17.3 Å². The molecule has 2 N–H and O–H groups in total. The molecule has 37 heavy (non-hydrogen) atoms. The van der Waals surface area contributed by atoms with Crippen molar-refractivity contribution in [2.24, 2.45) is 0 Å². The minimum absolute atomic E-state index is 0.178. The Balaban J connectivity index is 1.54. The molecule has 0 aliphatic carbocycles. The van der Waals surface area contributed by atoms with Gasteiger partial charge in [0.05, 0.1) is 17.0 Å². The monoisotopic (exact) mass is 569 g/mol. The number of carbonyl (C=O) groups is 1. The smallest absolute Gasteiger partial charge is 0.256 e. The molecule has 1 spiro atoms. The Morgan fingerprint density at radius 3 is 2.57 bits per heavy atom. The molecule has 5 rings (SSSR count). The number of para-hydroxylation sites is 1. The van der Waals surface area contributed by atoms with Crippen LogP contribution >= 0.6 is 15.9 Å². The van der Waals surface area contributed by atoms with Crippen molar-refractivity contribution in [1.82, 2.24) is 5.32 Å². The van der Waals surface area contributed by atoms with Gasteiger partial charge >= 0.3 is 0 Å². The van der Waals surface area contributed by atoms with Crippen LogP contribution in [0.1, 0.15) is 36.5 Å². The lowest BCUT2D eigenvalue weighted by molar-refractivity contribution is -0.532. The number of rotatable bonds is 7. The summed E-state index contributed by atoms with van der Waals surface area (Å²) < 4.78 is 25.7. The first kappa shape index (κ1) is 25.2. The highest BCUT2D eigenvalue weighted by atomic mass is 79.9. The van der Waals surface area contributed by atoms with Crippen LogP contribution in [0.3, 0.4) is 0 Å². The van der Waals surface area contributed by atoms with E-state index in [1.165, 1.54) is 12.1 Å². The second-order valence-electron chi connectivity index (χ2n) is 9.17. The summed E-state index contributed by atoms with van der Waals surface area (Å²) >= 11 is 3.56. The van der Waals surface area contributed by atoms with Gasteiger partial charge in [0, 0.05) is 22.2 Å². The lowest BCUT2D eigenvalue weighted by atomic mass is 9.78. The standard InChI is InChI=1S/C27H25BrFN3O5/c1-3-36-22-13-17(12-20(28)24(22)37-14-16-8-10-18(29)11-9-16)23-15(2)31-27(25(23)32(34)35)19-6-4-5-7-21(19)30-26(27)33/h4-13,15,23,25,31H,3,14H2,1-2H3,(H,30,33)/t15-,23-,25-,27-/m0/s1. The molecule has 10 heteroatoms. The Morgan fingerprint density at radius 1 is 1.14 bits per heavy atom. The fourth-order valence-electron chi connectivity index (χ4n) is 5.47. The highest BCUT2D eigenvalue weighted by Gasteiger charge is 2.67. The quantitative estimate of drug-likeness (QED) is 0.302. The Hall–Kier alpha value is -3.50. The van der Waals surface area contributed by atoms with Crippen molar-refractivity contribution in [2.45, 2.75) is 44.0 Å². The predicted octanol–water partition coefficient (Wildman–Crippen LogP) is 5.13. The molecule has 1 fully saturated rings. The molecule has 0 radical (unpaired) electrons. The molecule has 2 aliphatic rings. The number of anilines is 1. The third-order valence-corrected chi connectivity index (χ3v) is 7.57. The van der Waals surface area contributed by atoms with E-state index in [1.807, 2.05) is 13.8 Å². The topological polar surface area (TPSA) is 103 Å². The van der Waals surface area contributed by atoms with Gasteiger partial charge in [-0.2, -0.15) is 0 Å². The zero-order chi connectivity index (χ0) is 26.3. The molecular weight excluding hydrogens is 545 g/mol. The molecule has 0 aromatic heterocycles. The number of nitrogens with zero attached hydrogens (tertiary/aromatic N) is 1. The van der Waals surface area contributed by atoms with E-state index in [2.05, 4.69) is 26.6 Å². The van der Waals surface area contributed by atoms with Crippen LogP contribution in [0, 0.1) is 15.9 Å². The summed E-state index contributed by atoms with van der Waals surface area (Å²) in [5, 5.41) is 18.7. The maximum Gasteiger partial charge on any atom is 0.256 e. The van der Waals surface area contributed by atoms with Crippen LogP contribution in [0.15, 0.2) is 65.1 Å². The molecule has 0 bridgehead atoms. The van der Waals surface area contributed by atoms with Crippen molar-refractivity contribution in [3.8, 4) is 11.5 Å². The summed E-state index contributed by atoms with van der Waals surface area (Å²) in [6.45, 7) is 4.20. The van der Waals surface area contributed by atoms with Crippen molar-refractivity contribution in [2.75, 3.05) is 11.9 Å². The van der Waals surface area contributed by atoms with E-state index in [0.29, 0.717) is 39.4 Å². The van der Waals surface area contributed by atoms with Crippen LogP contribution in [-0.4, -0.2) is 29.5 Å². The molecule has 1 saturated heterocycles. The highest BCUT2D eigenvalue weighted by Crippen LogP contribution is 2.51. The third-order valence-electron chi connectivity index (χ3n) is 6.98. The fourth-order valence-corrected chi connectivity index (χ4v) is 6.05. The zero-order valence-electron chi connectivity index (χ0n) is 20.2. The number of hydrogen-bond acceptors (Lipinski definition) is 6. The maximum absolute atomic E-state index is 13.3. The van der Waals surface area contributed by atoms with Crippen molar-refractivity contribution >= 4 is 27.5 Å². The Bertz CT molecular complexity index is 1370. The van der Waals surface area contributed by atoms with Gasteiger partial charge in [-0.15, -0.1) is 0 Å². The normalized spacial score (nSPS) is 24.1. The summed E-state index contributed by atoms with van der Waals surface area (Å²) in [5.41, 5.74) is 1.05.